The number of hydrogen-bond acceptors (Lipinski definition) is 8. The summed E-state index contributed by atoms with van der Waals surface area (Å²) in [6.07, 6.45) is 0.186. The van der Waals surface area contributed by atoms with Gasteiger partial charge in [-0.05, 0) is 23.8 Å². The number of ketones is 1. The second-order valence-electron chi connectivity index (χ2n) is 7.11. The van der Waals surface area contributed by atoms with Gasteiger partial charge in [-0.25, -0.2) is 4.79 Å². The summed E-state index contributed by atoms with van der Waals surface area (Å²) in [6.45, 7) is 0.273. The second-order valence-corrected chi connectivity index (χ2v) is 7.11. The maximum atomic E-state index is 13.3. The van der Waals surface area contributed by atoms with Gasteiger partial charge in [-0.2, -0.15) is 0 Å². The molecule has 1 unspecified atom stereocenters. The first-order valence-corrected chi connectivity index (χ1v) is 9.81. The number of methoxy groups -OCH3 is 3. The molecule has 1 aliphatic heterocycles. The van der Waals surface area contributed by atoms with Crippen molar-refractivity contribution in [1.29, 1.82) is 0 Å². The highest BCUT2D eigenvalue weighted by Crippen LogP contribution is 2.45. The van der Waals surface area contributed by atoms with Gasteiger partial charge in [-0.1, -0.05) is 0 Å². The van der Waals surface area contributed by atoms with Crippen LogP contribution in [0.1, 0.15) is 31.8 Å². The summed E-state index contributed by atoms with van der Waals surface area (Å²) >= 11 is 0. The van der Waals surface area contributed by atoms with Gasteiger partial charge in [-0.3, -0.25) is 4.79 Å². The number of carbonyl (C=O) groups excluding carboxylic acids is 1. The number of rotatable bonds is 10. The van der Waals surface area contributed by atoms with Crippen LogP contribution in [0.5, 0.6) is 28.7 Å². The molecule has 172 valence electrons. The van der Waals surface area contributed by atoms with E-state index in [1.807, 2.05) is 0 Å². The summed E-state index contributed by atoms with van der Waals surface area (Å²) in [4.78, 5) is 25.3. The van der Waals surface area contributed by atoms with Crippen LogP contribution in [0.25, 0.3) is 0 Å². The average Bonchev–Trinajstić information content (AvgIpc) is 3.24. The lowest BCUT2D eigenvalue weighted by molar-refractivity contribution is -0.825. The second kappa shape index (κ2) is 9.75. The monoisotopic (exact) mass is 447 g/mol. The number of likely N-dealkylation sites (N-methyl/N-ethyl adjacent to an activating group) is 1. The summed E-state index contributed by atoms with van der Waals surface area (Å²) in [5.41, 5.74) is 0.871. The summed E-state index contributed by atoms with van der Waals surface area (Å²) in [5.74, 6) is -0.474. The molecular weight excluding hydrogens is 422 g/mol. The number of quaternary nitrogens is 1. The predicted octanol–water partition coefficient (Wildman–Crippen LogP) is 1.12. The van der Waals surface area contributed by atoms with Crippen LogP contribution in [0.2, 0.25) is 0 Å². The van der Waals surface area contributed by atoms with Gasteiger partial charge < -0.3 is 39.1 Å². The fourth-order valence-electron chi connectivity index (χ4n) is 3.67. The van der Waals surface area contributed by atoms with Crippen molar-refractivity contribution in [2.24, 2.45) is 0 Å². The summed E-state index contributed by atoms with van der Waals surface area (Å²) in [5, 5.41) is 21.3. The molecule has 0 bridgehead atoms. The number of fused-ring (bicyclic) bond motifs is 1. The third-order valence-electron chi connectivity index (χ3n) is 5.16. The standard InChI is InChI=1S/C22H25NO9/c1-23(27)8-7-12-9-17-21(32-11-31-17)19(29-3)14(12)10-15(24)13-5-6-16(28-2)20(30-4)18(13)22(25)26/h5-6,9,23H,7-8,10-11H2,1-4H3,(H,25,26). The Morgan fingerprint density at radius 3 is 2.44 bits per heavy atom. The van der Waals surface area contributed by atoms with Crippen molar-refractivity contribution in [2.45, 2.75) is 12.8 Å². The smallest absolute Gasteiger partial charge is 0.340 e. The molecule has 1 heterocycles. The van der Waals surface area contributed by atoms with Gasteiger partial charge in [-0.15, -0.1) is 0 Å². The van der Waals surface area contributed by atoms with Gasteiger partial charge in [0.15, 0.2) is 28.8 Å². The molecule has 10 heteroatoms. The fraction of sp³-hybridized carbons (Fsp3) is 0.364. The van der Waals surface area contributed by atoms with E-state index in [2.05, 4.69) is 0 Å². The van der Waals surface area contributed by atoms with Crippen LogP contribution in [0, 0.1) is 5.21 Å². The topological polar surface area (TPSA) is 128 Å². The Morgan fingerprint density at radius 2 is 1.84 bits per heavy atom. The lowest BCUT2D eigenvalue weighted by atomic mass is 9.92. The summed E-state index contributed by atoms with van der Waals surface area (Å²) in [6, 6.07) is 4.59. The average molecular weight is 447 g/mol. The third-order valence-corrected chi connectivity index (χ3v) is 5.16. The molecule has 3 rings (SSSR count). The maximum absolute atomic E-state index is 13.3. The molecule has 2 aromatic carbocycles. The molecule has 10 nitrogen and oxygen atoms in total. The largest absolute Gasteiger partial charge is 0.634 e. The number of aromatic carboxylic acids is 1. The third kappa shape index (κ3) is 4.41. The van der Waals surface area contributed by atoms with Crippen molar-refractivity contribution in [3.63, 3.8) is 0 Å². The van der Waals surface area contributed by atoms with Crippen molar-refractivity contribution in [3.8, 4) is 28.7 Å². The Hall–Kier alpha value is -3.50. The summed E-state index contributed by atoms with van der Waals surface area (Å²) < 4.78 is 26.9. The van der Waals surface area contributed by atoms with Crippen LogP contribution in [0.4, 0.5) is 0 Å². The lowest BCUT2D eigenvalue weighted by Crippen LogP contribution is -3.04. The van der Waals surface area contributed by atoms with Crippen molar-refractivity contribution in [1.82, 2.24) is 0 Å². The van der Waals surface area contributed by atoms with Gasteiger partial charge in [0.05, 0.1) is 34.9 Å². The van der Waals surface area contributed by atoms with Crippen LogP contribution in [0.3, 0.4) is 0 Å². The molecule has 2 N–H and O–H groups in total. The quantitative estimate of drug-likeness (QED) is 0.407. The van der Waals surface area contributed by atoms with Crippen molar-refractivity contribution in [3.05, 3.63) is 45.7 Å². The first kappa shape index (κ1) is 23.2. The Morgan fingerprint density at radius 1 is 1.12 bits per heavy atom. The highest BCUT2D eigenvalue weighted by molar-refractivity contribution is 6.09. The van der Waals surface area contributed by atoms with E-state index >= 15 is 0 Å². The van der Waals surface area contributed by atoms with E-state index in [-0.39, 0.29) is 47.4 Å². The molecule has 0 saturated heterocycles. The van der Waals surface area contributed by atoms with Crippen molar-refractivity contribution in [2.75, 3.05) is 41.7 Å². The van der Waals surface area contributed by atoms with Gasteiger partial charge in [0.1, 0.15) is 5.56 Å². The molecule has 0 aromatic heterocycles. The van der Waals surface area contributed by atoms with Crippen molar-refractivity contribution >= 4 is 11.8 Å². The number of hydroxylamine groups is 2. The van der Waals surface area contributed by atoms with E-state index in [1.54, 1.807) is 6.07 Å². The number of ether oxygens (including phenoxy) is 5. The molecule has 1 atom stereocenters. The Labute approximate surface area is 184 Å². The van der Waals surface area contributed by atoms with Crippen LogP contribution in [-0.2, 0) is 12.8 Å². The summed E-state index contributed by atoms with van der Waals surface area (Å²) in [7, 11) is 5.61. The van der Waals surface area contributed by atoms with Crippen LogP contribution in [0.15, 0.2) is 18.2 Å². The van der Waals surface area contributed by atoms with Crippen LogP contribution < -0.4 is 28.7 Å². The molecule has 32 heavy (non-hydrogen) atoms. The van der Waals surface area contributed by atoms with E-state index < -0.39 is 11.8 Å². The molecule has 0 spiro atoms. The minimum absolute atomic E-state index is 0.00744. The predicted molar refractivity (Wildman–Crippen MR) is 112 cm³/mol. The number of benzene rings is 2. The number of hydrogen-bond donors (Lipinski definition) is 2. The highest BCUT2D eigenvalue weighted by Gasteiger charge is 2.29. The van der Waals surface area contributed by atoms with E-state index in [4.69, 9.17) is 23.7 Å². The first-order chi connectivity index (χ1) is 15.3. The van der Waals surface area contributed by atoms with Gasteiger partial charge in [0.25, 0.3) is 0 Å². The number of nitrogens with one attached hydrogen (secondary N) is 1. The zero-order valence-corrected chi connectivity index (χ0v) is 18.3. The van der Waals surface area contributed by atoms with E-state index in [1.165, 1.54) is 40.5 Å². The molecule has 2 aromatic rings. The fourth-order valence-corrected chi connectivity index (χ4v) is 3.67. The van der Waals surface area contributed by atoms with Crippen LogP contribution in [-0.4, -0.2) is 58.6 Å². The van der Waals surface area contributed by atoms with Gasteiger partial charge in [0, 0.05) is 24.0 Å². The normalized spacial score (nSPS) is 12.9. The lowest BCUT2D eigenvalue weighted by Gasteiger charge is -2.20. The number of carboxylic acids is 1. The molecule has 0 amide bonds. The Balaban J connectivity index is 2.09. The number of Topliss-reactive ketones (excluding diaryl/α,β-unsaturated/α-hetero) is 1. The van der Waals surface area contributed by atoms with E-state index in [9.17, 15) is 19.9 Å². The molecule has 0 fully saturated rings. The van der Waals surface area contributed by atoms with Crippen molar-refractivity contribution < 1.29 is 43.4 Å². The molecule has 0 saturated carbocycles. The minimum atomic E-state index is -1.32. The van der Waals surface area contributed by atoms with Gasteiger partial charge >= 0.3 is 5.97 Å². The zero-order valence-electron chi connectivity index (χ0n) is 18.3. The van der Waals surface area contributed by atoms with Crippen LogP contribution >= 0.6 is 0 Å². The minimum Gasteiger partial charge on any atom is -0.634 e. The Kier molecular flexibility index (Phi) is 7.06. The number of carboxylic acid groups (broad SMARTS) is 1. The molecular formula is C22H25NO9. The maximum Gasteiger partial charge on any atom is 0.340 e. The Bertz CT molecular complexity index is 1030. The van der Waals surface area contributed by atoms with E-state index in [0.29, 0.717) is 34.8 Å². The van der Waals surface area contributed by atoms with E-state index in [0.717, 1.165) is 0 Å². The molecule has 0 radical (unpaired) electrons. The van der Waals surface area contributed by atoms with Gasteiger partial charge in [0.2, 0.25) is 12.5 Å². The first-order valence-electron chi connectivity index (χ1n) is 9.81. The zero-order chi connectivity index (χ0) is 23.4. The molecule has 1 aliphatic rings. The highest BCUT2D eigenvalue weighted by atomic mass is 16.7. The molecule has 0 aliphatic carbocycles. The number of carbonyl (C=O) groups is 2. The SMILES string of the molecule is COc1ccc(C(=O)Cc2c(CC[NH+](C)[O-])cc3c(c2OC)OCO3)c(C(=O)O)c1OC.